The van der Waals surface area contributed by atoms with Gasteiger partial charge in [-0.2, -0.15) is 0 Å². The minimum Gasteiger partial charge on any atom is -0.457 e. The van der Waals surface area contributed by atoms with E-state index in [2.05, 4.69) is 17.2 Å². The molecule has 0 aliphatic carbocycles. The van der Waals surface area contributed by atoms with Crippen LogP contribution in [0.25, 0.3) is 0 Å². The summed E-state index contributed by atoms with van der Waals surface area (Å²) >= 11 is 0. The molecule has 4 nitrogen and oxygen atoms in total. The standard InChI is InChI=1S/C16H16N2O2/c1-12(2)17-16(19)18-13-8-10-15(11-9-13)20-14-6-4-3-5-7-14/h3-11H,1H2,2H3,(H2,17,18,19). The first-order valence-electron chi connectivity index (χ1n) is 6.20. The molecule has 0 aliphatic heterocycles. The van der Waals surface area contributed by atoms with E-state index in [1.165, 1.54) is 0 Å². The quantitative estimate of drug-likeness (QED) is 0.875. The van der Waals surface area contributed by atoms with Gasteiger partial charge in [0.25, 0.3) is 0 Å². The summed E-state index contributed by atoms with van der Waals surface area (Å²) in [7, 11) is 0. The number of urea groups is 1. The fraction of sp³-hybridized carbons (Fsp3) is 0.0625. The number of amides is 2. The number of hydrogen-bond donors (Lipinski definition) is 2. The zero-order chi connectivity index (χ0) is 14.4. The molecule has 102 valence electrons. The highest BCUT2D eigenvalue weighted by molar-refractivity contribution is 5.90. The van der Waals surface area contributed by atoms with Gasteiger partial charge in [-0.3, -0.25) is 0 Å². The summed E-state index contributed by atoms with van der Waals surface area (Å²) in [4.78, 5) is 11.5. The Morgan fingerprint density at radius 3 is 2.20 bits per heavy atom. The lowest BCUT2D eigenvalue weighted by Crippen LogP contribution is -2.26. The number of benzene rings is 2. The molecule has 0 fully saturated rings. The number of rotatable bonds is 4. The Kier molecular flexibility index (Phi) is 4.39. The minimum absolute atomic E-state index is 0.311. The second kappa shape index (κ2) is 6.43. The first-order chi connectivity index (χ1) is 9.63. The molecule has 0 spiro atoms. The maximum absolute atomic E-state index is 11.5. The lowest BCUT2D eigenvalue weighted by atomic mass is 10.3. The van der Waals surface area contributed by atoms with Crippen LogP contribution in [0.1, 0.15) is 6.92 Å². The number of nitrogens with one attached hydrogen (secondary N) is 2. The second-order valence-corrected chi connectivity index (χ2v) is 4.30. The van der Waals surface area contributed by atoms with E-state index in [-0.39, 0.29) is 6.03 Å². The summed E-state index contributed by atoms with van der Waals surface area (Å²) in [6.45, 7) is 5.32. The number of carbonyl (C=O) groups excluding carboxylic acids is 1. The van der Waals surface area contributed by atoms with E-state index >= 15 is 0 Å². The Hall–Kier alpha value is -2.75. The van der Waals surface area contributed by atoms with Gasteiger partial charge in [0.05, 0.1) is 0 Å². The number of carbonyl (C=O) groups is 1. The number of hydrogen-bond acceptors (Lipinski definition) is 2. The lowest BCUT2D eigenvalue weighted by Gasteiger charge is -2.08. The van der Waals surface area contributed by atoms with Crippen molar-refractivity contribution in [3.63, 3.8) is 0 Å². The molecule has 0 atom stereocenters. The Balaban J connectivity index is 1.96. The van der Waals surface area contributed by atoms with Crippen LogP contribution in [0.5, 0.6) is 11.5 Å². The van der Waals surface area contributed by atoms with Crippen LogP contribution < -0.4 is 15.4 Å². The van der Waals surface area contributed by atoms with Gasteiger partial charge in [-0.05, 0) is 43.3 Å². The molecule has 0 aromatic heterocycles. The van der Waals surface area contributed by atoms with Crippen LogP contribution in [-0.4, -0.2) is 6.03 Å². The SMILES string of the molecule is C=C(C)NC(=O)Nc1ccc(Oc2ccccc2)cc1. The zero-order valence-corrected chi connectivity index (χ0v) is 11.2. The molecule has 4 heteroatoms. The van der Waals surface area contributed by atoms with Crippen LogP contribution in [0, 0.1) is 0 Å². The summed E-state index contributed by atoms with van der Waals surface area (Å²) in [5.41, 5.74) is 1.27. The molecule has 2 amide bonds. The summed E-state index contributed by atoms with van der Waals surface area (Å²) in [5, 5.41) is 5.27. The normalized spacial score (nSPS) is 9.65. The van der Waals surface area contributed by atoms with Gasteiger partial charge in [-0.25, -0.2) is 4.79 Å². The molecule has 2 aromatic carbocycles. The third-order valence-corrected chi connectivity index (χ3v) is 2.42. The Morgan fingerprint density at radius 2 is 1.60 bits per heavy atom. The molecule has 20 heavy (non-hydrogen) atoms. The molecule has 0 aliphatic rings. The largest absolute Gasteiger partial charge is 0.457 e. The molecular formula is C16H16N2O2. The van der Waals surface area contributed by atoms with E-state index in [1.54, 1.807) is 31.2 Å². The third kappa shape index (κ3) is 4.17. The van der Waals surface area contributed by atoms with Crippen molar-refractivity contribution in [3.8, 4) is 11.5 Å². The van der Waals surface area contributed by atoms with Crippen molar-refractivity contribution in [1.29, 1.82) is 0 Å². The number of para-hydroxylation sites is 1. The Labute approximate surface area is 118 Å². The van der Waals surface area contributed by atoms with Crippen molar-refractivity contribution in [2.24, 2.45) is 0 Å². The van der Waals surface area contributed by atoms with Crippen molar-refractivity contribution < 1.29 is 9.53 Å². The third-order valence-electron chi connectivity index (χ3n) is 2.42. The van der Waals surface area contributed by atoms with Gasteiger partial charge in [0, 0.05) is 11.4 Å². The molecule has 0 heterocycles. The van der Waals surface area contributed by atoms with Crippen LogP contribution in [0.2, 0.25) is 0 Å². The van der Waals surface area contributed by atoms with Gasteiger partial charge in [0.1, 0.15) is 11.5 Å². The monoisotopic (exact) mass is 268 g/mol. The van der Waals surface area contributed by atoms with Crippen molar-refractivity contribution in [2.75, 3.05) is 5.32 Å². The number of anilines is 1. The molecule has 0 saturated carbocycles. The van der Waals surface area contributed by atoms with Crippen molar-refractivity contribution in [3.05, 3.63) is 66.9 Å². The summed E-state index contributed by atoms with van der Waals surface area (Å²) in [5.74, 6) is 1.48. The molecule has 0 bridgehead atoms. The highest BCUT2D eigenvalue weighted by Crippen LogP contribution is 2.22. The summed E-state index contributed by atoms with van der Waals surface area (Å²) in [6, 6.07) is 16.3. The van der Waals surface area contributed by atoms with Gasteiger partial charge in [0.15, 0.2) is 0 Å². The number of ether oxygens (including phenoxy) is 1. The van der Waals surface area contributed by atoms with Gasteiger partial charge < -0.3 is 15.4 Å². The van der Waals surface area contributed by atoms with E-state index in [0.717, 1.165) is 5.75 Å². The van der Waals surface area contributed by atoms with Crippen LogP contribution >= 0.6 is 0 Å². The smallest absolute Gasteiger partial charge is 0.323 e. The summed E-state index contributed by atoms with van der Waals surface area (Å²) in [6.07, 6.45) is 0. The van der Waals surface area contributed by atoms with Crippen LogP contribution in [0.4, 0.5) is 10.5 Å². The maximum atomic E-state index is 11.5. The predicted octanol–water partition coefficient (Wildman–Crippen LogP) is 4.13. The second-order valence-electron chi connectivity index (χ2n) is 4.30. The van der Waals surface area contributed by atoms with E-state index in [1.807, 2.05) is 30.3 Å². The Bertz CT molecular complexity index is 592. The van der Waals surface area contributed by atoms with Gasteiger partial charge in [0.2, 0.25) is 0 Å². The molecule has 2 rings (SSSR count). The molecule has 0 unspecified atom stereocenters. The van der Waals surface area contributed by atoms with E-state index in [4.69, 9.17) is 4.74 Å². The van der Waals surface area contributed by atoms with Crippen LogP contribution in [0.15, 0.2) is 66.9 Å². The summed E-state index contributed by atoms with van der Waals surface area (Å²) < 4.78 is 5.66. The minimum atomic E-state index is -0.311. The fourth-order valence-electron chi connectivity index (χ4n) is 1.59. The lowest BCUT2D eigenvalue weighted by molar-refractivity contribution is 0.254. The Morgan fingerprint density at radius 1 is 1.00 bits per heavy atom. The average molecular weight is 268 g/mol. The van der Waals surface area contributed by atoms with E-state index < -0.39 is 0 Å². The number of allylic oxidation sites excluding steroid dienone is 1. The van der Waals surface area contributed by atoms with E-state index in [9.17, 15) is 4.79 Å². The van der Waals surface area contributed by atoms with Gasteiger partial charge in [-0.1, -0.05) is 24.8 Å². The van der Waals surface area contributed by atoms with Gasteiger partial charge >= 0.3 is 6.03 Å². The fourth-order valence-corrected chi connectivity index (χ4v) is 1.59. The van der Waals surface area contributed by atoms with Crippen molar-refractivity contribution >= 4 is 11.7 Å². The molecular weight excluding hydrogens is 252 g/mol. The first-order valence-corrected chi connectivity index (χ1v) is 6.20. The zero-order valence-electron chi connectivity index (χ0n) is 11.2. The average Bonchev–Trinajstić information content (AvgIpc) is 2.41. The highest BCUT2D eigenvalue weighted by atomic mass is 16.5. The molecule has 0 radical (unpaired) electrons. The maximum Gasteiger partial charge on any atom is 0.323 e. The first kappa shape index (κ1) is 13.7. The van der Waals surface area contributed by atoms with Crippen molar-refractivity contribution in [2.45, 2.75) is 6.92 Å². The molecule has 2 aromatic rings. The molecule has 2 N–H and O–H groups in total. The highest BCUT2D eigenvalue weighted by Gasteiger charge is 2.02. The topological polar surface area (TPSA) is 50.4 Å². The van der Waals surface area contributed by atoms with E-state index in [0.29, 0.717) is 17.1 Å². The van der Waals surface area contributed by atoms with Crippen LogP contribution in [0.3, 0.4) is 0 Å². The van der Waals surface area contributed by atoms with Crippen molar-refractivity contribution in [1.82, 2.24) is 5.32 Å². The predicted molar refractivity (Wildman–Crippen MR) is 79.9 cm³/mol. The molecule has 0 saturated heterocycles. The van der Waals surface area contributed by atoms with Gasteiger partial charge in [-0.15, -0.1) is 0 Å². The van der Waals surface area contributed by atoms with Crippen LogP contribution in [-0.2, 0) is 0 Å².